The summed E-state index contributed by atoms with van der Waals surface area (Å²) in [6.45, 7) is 0. The minimum atomic E-state index is 1.09. The maximum Gasteiger partial charge on any atom is 0.0473 e. The molecule has 10 aromatic carbocycles. The van der Waals surface area contributed by atoms with Crippen LogP contribution in [0.1, 0.15) is 0 Å². The van der Waals surface area contributed by atoms with Crippen molar-refractivity contribution in [2.24, 2.45) is 0 Å². The van der Waals surface area contributed by atoms with E-state index in [1.807, 2.05) is 0 Å². The average Bonchev–Trinajstić information content (AvgIpc) is 3.36. The van der Waals surface area contributed by atoms with Crippen molar-refractivity contribution >= 4 is 34.1 Å². The monoisotopic (exact) mass is 792 g/mol. The lowest BCUT2D eigenvalue weighted by molar-refractivity contribution is 1.28. The Morgan fingerprint density at radius 3 is 0.613 bits per heavy atom. The fourth-order valence-corrected chi connectivity index (χ4v) is 8.32. The fraction of sp³-hybridized carbons (Fsp3) is 0. The van der Waals surface area contributed by atoms with Crippen molar-refractivity contribution in [2.45, 2.75) is 0 Å². The van der Waals surface area contributed by atoms with E-state index in [0.717, 1.165) is 45.3 Å². The third-order valence-electron chi connectivity index (χ3n) is 11.4. The van der Waals surface area contributed by atoms with Gasteiger partial charge >= 0.3 is 0 Å². The second-order valence-electron chi connectivity index (χ2n) is 15.4. The SMILES string of the molecule is c1ccc(-c2cc(-c3ccccc3)cc(N(c3ccccc3)c3ccc(-c4ccc(N(c5ccccc5)c5cc(-c6ccccc6)cc(-c6ccccc6)c5)cc4)cc3)c2)cc1. The molecule has 0 atom stereocenters. The molecule has 10 aromatic rings. The van der Waals surface area contributed by atoms with Crippen LogP contribution in [0, 0.1) is 0 Å². The molecule has 0 aliphatic heterocycles. The van der Waals surface area contributed by atoms with Gasteiger partial charge in [0.2, 0.25) is 0 Å². The van der Waals surface area contributed by atoms with Crippen LogP contribution in [-0.4, -0.2) is 0 Å². The molecule has 0 heterocycles. The van der Waals surface area contributed by atoms with E-state index >= 15 is 0 Å². The van der Waals surface area contributed by atoms with Crippen molar-refractivity contribution in [1.29, 1.82) is 0 Å². The van der Waals surface area contributed by atoms with Crippen LogP contribution in [0.25, 0.3) is 55.6 Å². The highest BCUT2D eigenvalue weighted by atomic mass is 15.1. The zero-order valence-electron chi connectivity index (χ0n) is 34.3. The van der Waals surface area contributed by atoms with Crippen LogP contribution in [0.2, 0.25) is 0 Å². The molecule has 0 unspecified atom stereocenters. The molecule has 0 radical (unpaired) electrons. The molecule has 0 amide bonds. The number of anilines is 6. The predicted octanol–water partition coefficient (Wildman–Crippen LogP) is 17.0. The number of benzene rings is 10. The molecular formula is C60H44N2. The van der Waals surface area contributed by atoms with Crippen molar-refractivity contribution in [3.05, 3.63) is 267 Å². The normalized spacial score (nSPS) is 10.9. The zero-order valence-corrected chi connectivity index (χ0v) is 34.3. The molecular weight excluding hydrogens is 749 g/mol. The maximum absolute atomic E-state index is 2.36. The van der Waals surface area contributed by atoms with Gasteiger partial charge in [0, 0.05) is 34.1 Å². The van der Waals surface area contributed by atoms with Crippen LogP contribution >= 0.6 is 0 Å². The van der Waals surface area contributed by atoms with Crippen molar-refractivity contribution in [1.82, 2.24) is 0 Å². The third-order valence-corrected chi connectivity index (χ3v) is 11.4. The molecule has 0 spiro atoms. The lowest BCUT2D eigenvalue weighted by Crippen LogP contribution is -2.10. The Bertz CT molecular complexity index is 2680. The first-order chi connectivity index (χ1) is 30.7. The first kappa shape index (κ1) is 38.0. The largest absolute Gasteiger partial charge is 0.310 e. The van der Waals surface area contributed by atoms with Gasteiger partial charge in [-0.15, -0.1) is 0 Å². The van der Waals surface area contributed by atoms with Crippen LogP contribution in [-0.2, 0) is 0 Å². The Labute approximate surface area is 364 Å². The van der Waals surface area contributed by atoms with Crippen LogP contribution in [0.5, 0.6) is 0 Å². The van der Waals surface area contributed by atoms with Gasteiger partial charge in [-0.25, -0.2) is 0 Å². The van der Waals surface area contributed by atoms with Crippen molar-refractivity contribution < 1.29 is 0 Å². The number of hydrogen-bond donors (Lipinski definition) is 0. The Kier molecular flexibility index (Phi) is 10.8. The molecule has 0 bridgehead atoms. The van der Waals surface area contributed by atoms with E-state index < -0.39 is 0 Å². The first-order valence-corrected chi connectivity index (χ1v) is 21.2. The summed E-state index contributed by atoms with van der Waals surface area (Å²) in [5, 5.41) is 0. The summed E-state index contributed by atoms with van der Waals surface area (Å²) >= 11 is 0. The molecule has 0 saturated heterocycles. The first-order valence-electron chi connectivity index (χ1n) is 21.2. The van der Waals surface area contributed by atoms with E-state index in [1.165, 1.54) is 44.5 Å². The van der Waals surface area contributed by atoms with Gasteiger partial charge < -0.3 is 9.80 Å². The molecule has 294 valence electrons. The van der Waals surface area contributed by atoms with E-state index in [2.05, 4.69) is 277 Å². The second kappa shape index (κ2) is 17.6. The van der Waals surface area contributed by atoms with Crippen LogP contribution < -0.4 is 9.80 Å². The number of hydrogen-bond acceptors (Lipinski definition) is 2. The molecule has 2 nitrogen and oxygen atoms in total. The molecule has 0 fully saturated rings. The molecule has 0 saturated carbocycles. The Balaban J connectivity index is 1.02. The quantitative estimate of drug-likeness (QED) is 0.129. The van der Waals surface area contributed by atoms with E-state index in [4.69, 9.17) is 0 Å². The number of nitrogens with zero attached hydrogens (tertiary/aromatic N) is 2. The topological polar surface area (TPSA) is 6.48 Å². The smallest absolute Gasteiger partial charge is 0.0473 e. The van der Waals surface area contributed by atoms with Crippen molar-refractivity contribution in [2.75, 3.05) is 9.80 Å². The lowest BCUT2D eigenvalue weighted by atomic mass is 9.97. The second-order valence-corrected chi connectivity index (χ2v) is 15.4. The van der Waals surface area contributed by atoms with Crippen LogP contribution in [0.4, 0.5) is 34.1 Å². The van der Waals surface area contributed by atoms with Gasteiger partial charge in [-0.3, -0.25) is 0 Å². The summed E-state index contributed by atoms with van der Waals surface area (Å²) < 4.78 is 0. The van der Waals surface area contributed by atoms with Crippen molar-refractivity contribution in [3.63, 3.8) is 0 Å². The molecule has 2 heteroatoms. The van der Waals surface area contributed by atoms with Crippen LogP contribution in [0.3, 0.4) is 0 Å². The Morgan fingerprint density at radius 1 is 0.145 bits per heavy atom. The number of rotatable bonds is 11. The van der Waals surface area contributed by atoms with Gasteiger partial charge in [0.05, 0.1) is 0 Å². The molecule has 0 aliphatic rings. The summed E-state index contributed by atoms with van der Waals surface area (Å²) in [4.78, 5) is 4.72. The Hall–Kier alpha value is -8.20. The minimum Gasteiger partial charge on any atom is -0.310 e. The van der Waals surface area contributed by atoms with Gasteiger partial charge in [-0.1, -0.05) is 182 Å². The van der Waals surface area contributed by atoms with Gasteiger partial charge in [-0.05, 0) is 141 Å². The molecule has 62 heavy (non-hydrogen) atoms. The van der Waals surface area contributed by atoms with Crippen molar-refractivity contribution in [3.8, 4) is 55.6 Å². The standard InChI is InChI=1S/C60H44N2/c1-7-19-45(20-8-1)51-39-52(46-21-9-2-10-22-46)42-59(41-51)61(55-27-15-5-16-28-55)57-35-31-49(32-36-57)50-33-37-58(38-34-50)62(56-29-17-6-18-30-56)60-43-53(47-23-11-3-12-24-47)40-54(44-60)48-25-13-4-14-26-48/h1-44H. The summed E-state index contributed by atoms with van der Waals surface area (Å²) in [5.41, 5.74) is 18.3. The number of para-hydroxylation sites is 2. The zero-order chi connectivity index (χ0) is 41.5. The average molecular weight is 793 g/mol. The predicted molar refractivity (Wildman–Crippen MR) is 263 cm³/mol. The molecule has 0 aliphatic carbocycles. The van der Waals surface area contributed by atoms with Gasteiger partial charge in [0.25, 0.3) is 0 Å². The molecule has 0 N–H and O–H groups in total. The van der Waals surface area contributed by atoms with Gasteiger partial charge in [-0.2, -0.15) is 0 Å². The third kappa shape index (κ3) is 8.18. The van der Waals surface area contributed by atoms with E-state index in [9.17, 15) is 0 Å². The van der Waals surface area contributed by atoms with E-state index in [0.29, 0.717) is 0 Å². The highest BCUT2D eigenvalue weighted by Crippen LogP contribution is 2.42. The van der Waals surface area contributed by atoms with Crippen LogP contribution in [0.15, 0.2) is 267 Å². The van der Waals surface area contributed by atoms with E-state index in [-0.39, 0.29) is 0 Å². The molecule has 10 rings (SSSR count). The summed E-state index contributed by atoms with van der Waals surface area (Å²) in [6, 6.07) is 95.6. The summed E-state index contributed by atoms with van der Waals surface area (Å²) in [6.07, 6.45) is 0. The maximum atomic E-state index is 2.36. The highest BCUT2D eigenvalue weighted by molar-refractivity contribution is 5.87. The minimum absolute atomic E-state index is 1.09. The lowest BCUT2D eigenvalue weighted by Gasteiger charge is -2.27. The Morgan fingerprint density at radius 2 is 0.355 bits per heavy atom. The van der Waals surface area contributed by atoms with Gasteiger partial charge in [0.1, 0.15) is 0 Å². The summed E-state index contributed by atoms with van der Waals surface area (Å²) in [7, 11) is 0. The molecule has 0 aromatic heterocycles. The summed E-state index contributed by atoms with van der Waals surface area (Å²) in [5.74, 6) is 0. The fourth-order valence-electron chi connectivity index (χ4n) is 8.32. The highest BCUT2D eigenvalue weighted by Gasteiger charge is 2.18. The van der Waals surface area contributed by atoms with E-state index in [1.54, 1.807) is 0 Å². The van der Waals surface area contributed by atoms with Gasteiger partial charge in [0.15, 0.2) is 0 Å².